The second-order valence-electron chi connectivity index (χ2n) is 5.53. The van der Waals surface area contributed by atoms with Crippen molar-refractivity contribution in [2.75, 3.05) is 33.3 Å². The topological polar surface area (TPSA) is 152 Å². The van der Waals surface area contributed by atoms with Crippen LogP contribution >= 0.6 is 0 Å². The van der Waals surface area contributed by atoms with Gasteiger partial charge in [-0.1, -0.05) is 0 Å². The van der Waals surface area contributed by atoms with Crippen LogP contribution in [-0.2, 0) is 4.79 Å². The van der Waals surface area contributed by atoms with E-state index < -0.39 is 22.4 Å². The predicted molar refractivity (Wildman–Crippen MR) is 102 cm³/mol. The first kappa shape index (κ1) is 21.3. The molecule has 0 aromatic heterocycles. The van der Waals surface area contributed by atoms with E-state index >= 15 is 0 Å². The highest BCUT2D eigenvalue weighted by Crippen LogP contribution is 2.46. The molecule has 0 atom stereocenters. The summed E-state index contributed by atoms with van der Waals surface area (Å²) in [5.41, 5.74) is 4.49. The van der Waals surface area contributed by atoms with E-state index in [-0.39, 0.29) is 29.4 Å². The highest BCUT2D eigenvalue weighted by Gasteiger charge is 2.32. The lowest BCUT2D eigenvalue weighted by Crippen LogP contribution is -2.20. The quantitative estimate of drug-likeness (QED) is 0.472. The summed E-state index contributed by atoms with van der Waals surface area (Å²) in [7, 11) is 3.85. The smallest absolute Gasteiger partial charge is 0.327 e. The van der Waals surface area contributed by atoms with Crippen molar-refractivity contribution in [3.05, 3.63) is 46.0 Å². The molecule has 29 heavy (non-hydrogen) atoms. The largest absolute Gasteiger partial charge is 0.493 e. The number of methoxy groups -OCH3 is 3. The van der Waals surface area contributed by atoms with Gasteiger partial charge in [0.2, 0.25) is 11.5 Å². The van der Waals surface area contributed by atoms with Gasteiger partial charge in [-0.2, -0.15) is 0 Å². The number of amides is 2. The number of nitrogens with one attached hydrogen (secondary N) is 1. The van der Waals surface area contributed by atoms with Crippen molar-refractivity contribution in [1.82, 2.24) is 0 Å². The Hall–Kier alpha value is -4.02. The molecule has 11 heteroatoms. The highest BCUT2D eigenvalue weighted by atomic mass is 16.6. The molecule has 0 fully saturated rings. The van der Waals surface area contributed by atoms with Gasteiger partial charge in [0.15, 0.2) is 12.4 Å². The number of benzene rings is 2. The Kier molecular flexibility index (Phi) is 6.80. The normalized spacial score (nSPS) is 10.0. The van der Waals surface area contributed by atoms with Crippen LogP contribution in [0.3, 0.4) is 0 Å². The monoisotopic (exact) mass is 405 g/mol. The van der Waals surface area contributed by atoms with Gasteiger partial charge in [-0.15, -0.1) is 0 Å². The average Bonchev–Trinajstić information content (AvgIpc) is 2.71. The maximum absolute atomic E-state index is 12.7. The van der Waals surface area contributed by atoms with Crippen LogP contribution in [0.4, 0.5) is 11.4 Å². The molecule has 0 aliphatic heterocycles. The number of nitrogens with two attached hydrogens (primary N) is 1. The van der Waals surface area contributed by atoms with Crippen LogP contribution in [0.25, 0.3) is 0 Å². The number of carbonyl (C=O) groups is 2. The van der Waals surface area contributed by atoms with Gasteiger partial charge in [-0.3, -0.25) is 19.7 Å². The minimum atomic E-state index is -0.762. The second kappa shape index (κ2) is 9.26. The molecule has 0 radical (unpaired) electrons. The third-order valence-electron chi connectivity index (χ3n) is 3.72. The van der Waals surface area contributed by atoms with Crippen LogP contribution in [-0.4, -0.2) is 44.7 Å². The summed E-state index contributed by atoms with van der Waals surface area (Å²) in [6, 6.07) is 7.19. The standard InChI is InChI=1S/C18H19N3O8/c1-26-13-8-12(15(21(24)25)17(28-3)16(13)27-2)18(23)20-10-4-6-11(7-5-10)29-9-14(19)22/h4-8H,9H2,1-3H3,(H2,19,22)(H,20,23). The zero-order valence-electron chi connectivity index (χ0n) is 15.9. The Balaban J connectivity index is 2.37. The number of rotatable bonds is 9. The minimum absolute atomic E-state index is 0.00537. The first-order valence-corrected chi connectivity index (χ1v) is 8.12. The van der Waals surface area contributed by atoms with Crippen LogP contribution in [0, 0.1) is 10.1 Å². The third-order valence-corrected chi connectivity index (χ3v) is 3.72. The van der Waals surface area contributed by atoms with Crippen molar-refractivity contribution in [2.24, 2.45) is 5.73 Å². The number of carbonyl (C=O) groups excluding carboxylic acids is 2. The fourth-order valence-electron chi connectivity index (χ4n) is 2.48. The lowest BCUT2D eigenvalue weighted by Gasteiger charge is -2.15. The summed E-state index contributed by atoms with van der Waals surface area (Å²) in [4.78, 5) is 34.3. The Bertz CT molecular complexity index is 928. The number of primary amides is 1. The number of nitro benzene ring substituents is 1. The molecule has 2 amide bonds. The van der Waals surface area contributed by atoms with E-state index in [4.69, 9.17) is 24.7 Å². The van der Waals surface area contributed by atoms with Crippen molar-refractivity contribution in [3.63, 3.8) is 0 Å². The van der Waals surface area contributed by atoms with Crippen LogP contribution in [0.1, 0.15) is 10.4 Å². The Morgan fingerprint density at radius 2 is 1.69 bits per heavy atom. The van der Waals surface area contributed by atoms with Crippen LogP contribution in [0.2, 0.25) is 0 Å². The van der Waals surface area contributed by atoms with E-state index in [9.17, 15) is 19.7 Å². The van der Waals surface area contributed by atoms with Crippen molar-refractivity contribution in [2.45, 2.75) is 0 Å². The van der Waals surface area contributed by atoms with Gasteiger partial charge in [0, 0.05) is 11.8 Å². The minimum Gasteiger partial charge on any atom is -0.493 e. The number of hydrogen-bond donors (Lipinski definition) is 2. The molecule has 0 unspecified atom stereocenters. The van der Waals surface area contributed by atoms with Gasteiger partial charge < -0.3 is 30.0 Å². The molecule has 2 aromatic carbocycles. The van der Waals surface area contributed by atoms with Crippen LogP contribution in [0.5, 0.6) is 23.0 Å². The molecule has 3 N–H and O–H groups in total. The molecular weight excluding hydrogens is 386 g/mol. The molecule has 0 spiro atoms. The molecular formula is C18H19N3O8. The van der Waals surface area contributed by atoms with Crippen LogP contribution in [0.15, 0.2) is 30.3 Å². The molecule has 0 heterocycles. The molecule has 0 saturated heterocycles. The SMILES string of the molecule is COc1cc(C(=O)Nc2ccc(OCC(N)=O)cc2)c([N+](=O)[O-])c(OC)c1OC. The van der Waals surface area contributed by atoms with Gasteiger partial charge in [-0.25, -0.2) is 0 Å². The zero-order valence-corrected chi connectivity index (χ0v) is 15.9. The molecule has 0 bridgehead atoms. The summed E-state index contributed by atoms with van der Waals surface area (Å²) < 4.78 is 20.5. The van der Waals surface area contributed by atoms with Gasteiger partial charge in [-0.05, 0) is 24.3 Å². The van der Waals surface area contributed by atoms with Crippen LogP contribution < -0.4 is 30.0 Å². The molecule has 154 valence electrons. The number of hydrogen-bond acceptors (Lipinski definition) is 8. The Morgan fingerprint density at radius 1 is 1.07 bits per heavy atom. The molecule has 2 rings (SSSR count). The predicted octanol–water partition coefficient (Wildman–Crippen LogP) is 1.74. The van der Waals surface area contributed by atoms with E-state index in [1.807, 2.05) is 0 Å². The number of anilines is 1. The second-order valence-corrected chi connectivity index (χ2v) is 5.53. The zero-order chi connectivity index (χ0) is 21.6. The average molecular weight is 405 g/mol. The fraction of sp³-hybridized carbons (Fsp3) is 0.222. The van der Waals surface area contributed by atoms with Crippen molar-refractivity contribution in [1.29, 1.82) is 0 Å². The molecule has 2 aromatic rings. The van der Waals surface area contributed by atoms with Crippen molar-refractivity contribution in [3.8, 4) is 23.0 Å². The molecule has 11 nitrogen and oxygen atoms in total. The summed E-state index contributed by atoms with van der Waals surface area (Å²) >= 11 is 0. The summed E-state index contributed by atoms with van der Waals surface area (Å²) in [6.45, 7) is -0.288. The van der Waals surface area contributed by atoms with E-state index in [0.29, 0.717) is 11.4 Å². The van der Waals surface area contributed by atoms with E-state index in [1.165, 1.54) is 51.7 Å². The fourth-order valence-corrected chi connectivity index (χ4v) is 2.48. The summed E-state index contributed by atoms with van der Waals surface area (Å²) in [5.74, 6) is -1.18. The maximum Gasteiger partial charge on any atom is 0.327 e. The van der Waals surface area contributed by atoms with E-state index in [2.05, 4.69) is 5.32 Å². The van der Waals surface area contributed by atoms with Gasteiger partial charge in [0.1, 0.15) is 11.3 Å². The Morgan fingerprint density at radius 3 is 2.17 bits per heavy atom. The van der Waals surface area contributed by atoms with Gasteiger partial charge in [0.05, 0.1) is 26.3 Å². The summed E-state index contributed by atoms with van der Waals surface area (Å²) in [6.07, 6.45) is 0. The highest BCUT2D eigenvalue weighted by molar-refractivity contribution is 6.08. The number of nitro groups is 1. The first-order valence-electron chi connectivity index (χ1n) is 8.12. The summed E-state index contributed by atoms with van der Waals surface area (Å²) in [5, 5.41) is 14.1. The van der Waals surface area contributed by atoms with E-state index in [0.717, 1.165) is 0 Å². The third kappa shape index (κ3) is 4.83. The number of nitrogens with zero attached hydrogens (tertiary/aromatic N) is 1. The molecule has 0 saturated carbocycles. The first-order chi connectivity index (χ1) is 13.8. The number of ether oxygens (including phenoxy) is 4. The molecule has 0 aliphatic rings. The van der Waals surface area contributed by atoms with Gasteiger partial charge >= 0.3 is 5.69 Å². The van der Waals surface area contributed by atoms with E-state index in [1.54, 1.807) is 0 Å². The molecule has 0 aliphatic carbocycles. The van der Waals surface area contributed by atoms with Gasteiger partial charge in [0.25, 0.3) is 11.8 Å². The maximum atomic E-state index is 12.7. The lowest BCUT2D eigenvalue weighted by molar-refractivity contribution is -0.386. The van der Waals surface area contributed by atoms with Crippen molar-refractivity contribution >= 4 is 23.2 Å². The Labute approximate surface area is 165 Å². The lowest BCUT2D eigenvalue weighted by atomic mass is 10.1. The van der Waals surface area contributed by atoms with Crippen molar-refractivity contribution < 1.29 is 33.5 Å².